The summed E-state index contributed by atoms with van der Waals surface area (Å²) in [6.45, 7) is 2.75. The molecule has 1 fully saturated rings. The van der Waals surface area contributed by atoms with E-state index >= 15 is 0 Å². The molecule has 0 radical (unpaired) electrons. The Bertz CT molecular complexity index is 372. The third kappa shape index (κ3) is 3.57. The Morgan fingerprint density at radius 2 is 2.22 bits per heavy atom. The fraction of sp³-hybridized carbons (Fsp3) is 0.692. The van der Waals surface area contributed by atoms with E-state index in [2.05, 4.69) is 22.2 Å². The lowest BCUT2D eigenvalue weighted by Gasteiger charge is -2.29. The molecule has 5 heteroatoms. The van der Waals surface area contributed by atoms with Crippen molar-refractivity contribution < 1.29 is 4.74 Å². The molecule has 2 atom stereocenters. The lowest BCUT2D eigenvalue weighted by molar-refractivity contribution is 0.304. The topological polar surface area (TPSA) is 73.1 Å². The molecule has 3 N–H and O–H groups in total. The van der Waals surface area contributed by atoms with Crippen LogP contribution >= 0.6 is 0 Å². The lowest BCUT2D eigenvalue weighted by atomic mass is 9.91. The fourth-order valence-electron chi connectivity index (χ4n) is 2.23. The van der Waals surface area contributed by atoms with Gasteiger partial charge in [-0.3, -0.25) is 0 Å². The maximum absolute atomic E-state index is 6.11. The molecule has 0 amide bonds. The van der Waals surface area contributed by atoms with Crippen LogP contribution < -0.4 is 15.8 Å². The molecular formula is C13H22N4O. The highest BCUT2D eigenvalue weighted by Crippen LogP contribution is 2.21. The minimum atomic E-state index is 0.216. The van der Waals surface area contributed by atoms with Gasteiger partial charge in [-0.25, -0.2) is 9.97 Å². The van der Waals surface area contributed by atoms with Gasteiger partial charge in [0.05, 0.1) is 6.61 Å². The predicted octanol–water partition coefficient (Wildman–Crippen LogP) is 1.95. The van der Waals surface area contributed by atoms with Gasteiger partial charge in [-0.2, -0.15) is 0 Å². The molecule has 0 aromatic carbocycles. The molecule has 1 aliphatic rings. The Hall–Kier alpha value is -1.36. The van der Waals surface area contributed by atoms with Gasteiger partial charge < -0.3 is 15.8 Å². The van der Waals surface area contributed by atoms with Gasteiger partial charge in [0.15, 0.2) is 0 Å². The van der Waals surface area contributed by atoms with Crippen molar-refractivity contribution in [3.63, 3.8) is 0 Å². The zero-order valence-corrected chi connectivity index (χ0v) is 10.9. The monoisotopic (exact) mass is 250 g/mol. The smallest absolute Gasteiger partial charge is 0.218 e. The average Bonchev–Trinajstić information content (AvgIpc) is 2.40. The number of hydrogen-bond donors (Lipinski definition) is 2. The van der Waals surface area contributed by atoms with Crippen molar-refractivity contribution in [1.29, 1.82) is 0 Å². The highest BCUT2D eigenvalue weighted by atomic mass is 16.5. The van der Waals surface area contributed by atoms with Crippen molar-refractivity contribution in [1.82, 2.24) is 9.97 Å². The Morgan fingerprint density at radius 1 is 1.39 bits per heavy atom. The molecule has 1 heterocycles. The maximum atomic E-state index is 6.11. The van der Waals surface area contributed by atoms with Crippen LogP contribution in [0.5, 0.6) is 5.88 Å². The second-order valence-corrected chi connectivity index (χ2v) is 4.79. The highest BCUT2D eigenvalue weighted by Gasteiger charge is 2.21. The Balaban J connectivity index is 1.95. The first-order valence-electron chi connectivity index (χ1n) is 6.76. The van der Waals surface area contributed by atoms with Crippen LogP contribution in [0.2, 0.25) is 0 Å². The van der Waals surface area contributed by atoms with Crippen molar-refractivity contribution in [2.75, 3.05) is 11.9 Å². The molecule has 100 valence electrons. The Labute approximate surface area is 108 Å². The number of nitrogens with two attached hydrogens (primary N) is 1. The van der Waals surface area contributed by atoms with Crippen molar-refractivity contribution in [2.24, 2.45) is 5.73 Å². The molecular weight excluding hydrogens is 228 g/mol. The molecule has 18 heavy (non-hydrogen) atoms. The molecule has 2 rings (SSSR count). The van der Waals surface area contributed by atoms with Gasteiger partial charge in [0.25, 0.3) is 0 Å². The van der Waals surface area contributed by atoms with Gasteiger partial charge in [0, 0.05) is 18.2 Å². The quantitative estimate of drug-likeness (QED) is 0.835. The van der Waals surface area contributed by atoms with Crippen LogP contribution in [-0.4, -0.2) is 28.7 Å². The third-order valence-electron chi connectivity index (χ3n) is 3.25. The summed E-state index contributed by atoms with van der Waals surface area (Å²) >= 11 is 0. The normalized spacial score (nSPS) is 23.7. The summed E-state index contributed by atoms with van der Waals surface area (Å²) in [6.07, 6.45) is 7.16. The minimum absolute atomic E-state index is 0.216. The van der Waals surface area contributed by atoms with Gasteiger partial charge in [-0.05, 0) is 19.3 Å². The van der Waals surface area contributed by atoms with Gasteiger partial charge in [0.2, 0.25) is 5.88 Å². The fourth-order valence-corrected chi connectivity index (χ4v) is 2.23. The molecule has 0 spiro atoms. The van der Waals surface area contributed by atoms with Crippen LogP contribution in [0.25, 0.3) is 0 Å². The molecule has 0 bridgehead atoms. The van der Waals surface area contributed by atoms with E-state index in [0.29, 0.717) is 18.5 Å². The molecule has 0 unspecified atom stereocenters. The second-order valence-electron chi connectivity index (χ2n) is 4.79. The second kappa shape index (κ2) is 6.54. The van der Waals surface area contributed by atoms with Crippen LogP contribution in [0.15, 0.2) is 12.4 Å². The average molecular weight is 250 g/mol. The number of nitrogens with zero attached hydrogens (tertiary/aromatic N) is 2. The van der Waals surface area contributed by atoms with E-state index in [9.17, 15) is 0 Å². The summed E-state index contributed by atoms with van der Waals surface area (Å²) in [5, 5.41) is 3.39. The van der Waals surface area contributed by atoms with Crippen molar-refractivity contribution in [3.8, 4) is 5.88 Å². The minimum Gasteiger partial charge on any atom is -0.478 e. The zero-order valence-electron chi connectivity index (χ0n) is 10.9. The molecule has 1 saturated carbocycles. The van der Waals surface area contributed by atoms with Gasteiger partial charge in [-0.15, -0.1) is 0 Å². The van der Waals surface area contributed by atoms with Crippen molar-refractivity contribution >= 4 is 5.82 Å². The third-order valence-corrected chi connectivity index (χ3v) is 3.25. The van der Waals surface area contributed by atoms with Gasteiger partial charge >= 0.3 is 0 Å². The highest BCUT2D eigenvalue weighted by molar-refractivity contribution is 5.38. The van der Waals surface area contributed by atoms with Gasteiger partial charge in [-0.1, -0.05) is 19.8 Å². The van der Waals surface area contributed by atoms with E-state index in [4.69, 9.17) is 10.5 Å². The van der Waals surface area contributed by atoms with E-state index in [1.165, 1.54) is 19.2 Å². The number of nitrogens with one attached hydrogen (secondary N) is 1. The number of rotatable bonds is 5. The molecule has 0 aliphatic heterocycles. The zero-order chi connectivity index (χ0) is 12.8. The van der Waals surface area contributed by atoms with E-state index < -0.39 is 0 Å². The van der Waals surface area contributed by atoms with Crippen LogP contribution in [0.3, 0.4) is 0 Å². The summed E-state index contributed by atoms with van der Waals surface area (Å²) in [5.41, 5.74) is 6.11. The molecule has 0 saturated heterocycles. The van der Waals surface area contributed by atoms with E-state index in [-0.39, 0.29) is 6.04 Å². The van der Waals surface area contributed by atoms with E-state index in [0.717, 1.165) is 25.1 Å². The molecule has 1 aliphatic carbocycles. The number of aromatic nitrogens is 2. The Kier molecular flexibility index (Phi) is 4.75. The van der Waals surface area contributed by atoms with Gasteiger partial charge in [0.1, 0.15) is 12.1 Å². The number of hydrogen-bond acceptors (Lipinski definition) is 5. The van der Waals surface area contributed by atoms with Crippen LogP contribution in [0, 0.1) is 0 Å². The van der Waals surface area contributed by atoms with Crippen LogP contribution in [-0.2, 0) is 0 Å². The van der Waals surface area contributed by atoms with Crippen LogP contribution in [0.4, 0.5) is 5.82 Å². The summed E-state index contributed by atoms with van der Waals surface area (Å²) in [7, 11) is 0. The standard InChI is InChI=1S/C13H22N4O/c1-2-7-18-13-8-12(15-9-16-13)17-11-6-4-3-5-10(11)14/h8-11H,2-7,14H2,1H3,(H,15,16,17)/t10-,11-/m1/s1. The first kappa shape index (κ1) is 13.1. The molecule has 5 nitrogen and oxygen atoms in total. The van der Waals surface area contributed by atoms with Crippen molar-refractivity contribution in [3.05, 3.63) is 12.4 Å². The summed E-state index contributed by atoms with van der Waals surface area (Å²) in [5.74, 6) is 1.43. The predicted molar refractivity (Wildman–Crippen MR) is 71.7 cm³/mol. The largest absolute Gasteiger partial charge is 0.478 e. The Morgan fingerprint density at radius 3 is 3.00 bits per heavy atom. The van der Waals surface area contributed by atoms with E-state index in [1.54, 1.807) is 0 Å². The molecule has 1 aromatic rings. The van der Waals surface area contributed by atoms with Crippen LogP contribution in [0.1, 0.15) is 39.0 Å². The SMILES string of the molecule is CCCOc1cc(N[C@@H]2CCCC[C@H]2N)ncn1. The lowest BCUT2D eigenvalue weighted by Crippen LogP contribution is -2.42. The summed E-state index contributed by atoms with van der Waals surface area (Å²) in [6, 6.07) is 2.37. The van der Waals surface area contributed by atoms with Crippen molar-refractivity contribution in [2.45, 2.75) is 51.1 Å². The first-order chi connectivity index (χ1) is 8.79. The number of ether oxygens (including phenoxy) is 1. The molecule has 1 aromatic heterocycles. The van der Waals surface area contributed by atoms with E-state index in [1.807, 2.05) is 6.07 Å². The maximum Gasteiger partial charge on any atom is 0.218 e. The first-order valence-corrected chi connectivity index (χ1v) is 6.76. The summed E-state index contributed by atoms with van der Waals surface area (Å²) < 4.78 is 5.49. The summed E-state index contributed by atoms with van der Waals surface area (Å²) in [4.78, 5) is 8.30. The number of anilines is 1.